The fourth-order valence-electron chi connectivity index (χ4n) is 3.27. The summed E-state index contributed by atoms with van der Waals surface area (Å²) in [4.78, 5) is 25.8. The molecule has 0 aliphatic carbocycles. The van der Waals surface area contributed by atoms with Crippen molar-refractivity contribution in [1.29, 1.82) is 0 Å². The largest absolute Gasteiger partial charge is 0.405 e. The second kappa shape index (κ2) is 9.26. The number of hydrogen-bond donors (Lipinski definition) is 2. The van der Waals surface area contributed by atoms with Crippen LogP contribution in [0.2, 0.25) is 0 Å². The normalized spacial score (nSPS) is 11.6. The fourth-order valence-corrected chi connectivity index (χ4v) is 4.33. The van der Waals surface area contributed by atoms with Gasteiger partial charge in [-0.25, -0.2) is 4.39 Å². The molecule has 4 rings (SSSR count). The summed E-state index contributed by atoms with van der Waals surface area (Å²) in [5.74, 6) is -1.56. The molecule has 0 unspecified atom stereocenters. The number of anilines is 1. The van der Waals surface area contributed by atoms with Crippen molar-refractivity contribution in [3.63, 3.8) is 0 Å². The highest BCUT2D eigenvalue weighted by Crippen LogP contribution is 2.29. The molecule has 0 radical (unpaired) electrons. The topological polar surface area (TPSA) is 76.0 Å². The Morgan fingerprint density at radius 3 is 2.35 bits per heavy atom. The van der Waals surface area contributed by atoms with E-state index < -0.39 is 18.6 Å². The minimum atomic E-state index is -4.50. The summed E-state index contributed by atoms with van der Waals surface area (Å²) in [7, 11) is 0. The van der Waals surface area contributed by atoms with Crippen LogP contribution in [0, 0.1) is 12.7 Å². The number of nitrogens with one attached hydrogen (secondary N) is 2. The van der Waals surface area contributed by atoms with E-state index in [0.717, 1.165) is 21.5 Å². The predicted molar refractivity (Wildman–Crippen MR) is 121 cm³/mol. The number of benzene rings is 2. The van der Waals surface area contributed by atoms with Gasteiger partial charge in [0.25, 0.3) is 11.8 Å². The van der Waals surface area contributed by atoms with Crippen LogP contribution in [0.25, 0.3) is 10.2 Å². The molecule has 2 aromatic carbocycles. The maximum absolute atomic E-state index is 13.2. The number of fused-ring (bicyclic) bond motifs is 1. The number of rotatable bonds is 6. The molecule has 4 aromatic rings. The Labute approximate surface area is 195 Å². The van der Waals surface area contributed by atoms with E-state index in [-0.39, 0.29) is 17.3 Å². The molecule has 2 N–H and O–H groups in total. The molecule has 0 saturated carbocycles. The van der Waals surface area contributed by atoms with Gasteiger partial charge < -0.3 is 10.6 Å². The molecular weight excluding hydrogens is 472 g/mol. The second-order valence-corrected chi connectivity index (χ2v) is 8.56. The highest BCUT2D eigenvalue weighted by Gasteiger charge is 2.27. The van der Waals surface area contributed by atoms with Crippen molar-refractivity contribution in [1.82, 2.24) is 15.1 Å². The molecule has 2 heterocycles. The van der Waals surface area contributed by atoms with Gasteiger partial charge in [0.1, 0.15) is 17.2 Å². The minimum absolute atomic E-state index is 0.0422. The summed E-state index contributed by atoms with van der Waals surface area (Å²) in [6, 6.07) is 13.4. The van der Waals surface area contributed by atoms with Gasteiger partial charge in [0, 0.05) is 16.6 Å². The maximum Gasteiger partial charge on any atom is 0.405 e. The Morgan fingerprint density at radius 1 is 1.03 bits per heavy atom. The van der Waals surface area contributed by atoms with Crippen LogP contribution in [0.4, 0.5) is 23.2 Å². The lowest BCUT2D eigenvalue weighted by Gasteiger charge is -2.09. The molecule has 0 bridgehead atoms. The van der Waals surface area contributed by atoms with E-state index in [1.165, 1.54) is 47.7 Å². The van der Waals surface area contributed by atoms with Gasteiger partial charge in [-0.2, -0.15) is 18.3 Å². The van der Waals surface area contributed by atoms with Crippen LogP contribution in [0.3, 0.4) is 0 Å². The summed E-state index contributed by atoms with van der Waals surface area (Å²) in [5, 5.41) is 9.84. The number of halogens is 4. The average Bonchev–Trinajstić information content (AvgIpc) is 3.35. The van der Waals surface area contributed by atoms with Gasteiger partial charge in [0.05, 0.1) is 17.1 Å². The third kappa shape index (κ3) is 5.42. The molecule has 0 fully saturated rings. The molecule has 0 saturated heterocycles. The van der Waals surface area contributed by atoms with Crippen molar-refractivity contribution in [2.75, 3.05) is 11.9 Å². The summed E-state index contributed by atoms with van der Waals surface area (Å²) >= 11 is 1.26. The number of aryl methyl sites for hydroxylation is 1. The van der Waals surface area contributed by atoms with E-state index in [0.29, 0.717) is 17.1 Å². The molecule has 0 atom stereocenters. The van der Waals surface area contributed by atoms with E-state index in [4.69, 9.17) is 0 Å². The molecule has 2 amide bonds. The van der Waals surface area contributed by atoms with Crippen molar-refractivity contribution >= 4 is 39.1 Å². The van der Waals surface area contributed by atoms with Crippen LogP contribution >= 0.6 is 11.3 Å². The van der Waals surface area contributed by atoms with E-state index in [1.54, 1.807) is 28.2 Å². The third-order valence-electron chi connectivity index (χ3n) is 4.93. The highest BCUT2D eigenvalue weighted by molar-refractivity contribution is 7.20. The van der Waals surface area contributed by atoms with Gasteiger partial charge in [0.15, 0.2) is 0 Å². The first kappa shape index (κ1) is 23.4. The lowest BCUT2D eigenvalue weighted by Crippen LogP contribution is -2.33. The Balaban J connectivity index is 1.46. The Kier molecular flexibility index (Phi) is 6.38. The third-order valence-corrected chi connectivity index (χ3v) is 6.08. The van der Waals surface area contributed by atoms with Gasteiger partial charge >= 0.3 is 6.18 Å². The first-order chi connectivity index (χ1) is 16.1. The molecular formula is C23H18F4N4O2S. The number of nitrogens with zero attached hydrogens (tertiary/aromatic N) is 2. The summed E-state index contributed by atoms with van der Waals surface area (Å²) in [5.41, 5.74) is 2.05. The maximum atomic E-state index is 13.2. The monoisotopic (exact) mass is 490 g/mol. The van der Waals surface area contributed by atoms with Crippen molar-refractivity contribution in [2.24, 2.45) is 0 Å². The number of alkyl halides is 3. The van der Waals surface area contributed by atoms with Crippen molar-refractivity contribution in [2.45, 2.75) is 19.6 Å². The van der Waals surface area contributed by atoms with Crippen LogP contribution in [-0.2, 0) is 6.54 Å². The summed E-state index contributed by atoms with van der Waals surface area (Å²) in [6.45, 7) is 0.832. The van der Waals surface area contributed by atoms with Crippen molar-refractivity contribution < 1.29 is 27.2 Å². The number of carbonyl (C=O) groups excluding carboxylic acids is 2. The lowest BCUT2D eigenvalue weighted by atomic mass is 10.2. The van der Waals surface area contributed by atoms with Crippen molar-refractivity contribution in [3.8, 4) is 0 Å². The van der Waals surface area contributed by atoms with Gasteiger partial charge in [-0.05, 0) is 55.0 Å². The molecule has 0 spiro atoms. The first-order valence-electron chi connectivity index (χ1n) is 10.1. The lowest BCUT2D eigenvalue weighted by molar-refractivity contribution is -0.123. The Hall–Kier alpha value is -3.73. The van der Waals surface area contributed by atoms with E-state index in [2.05, 4.69) is 10.4 Å². The van der Waals surface area contributed by atoms with Crippen LogP contribution in [0.5, 0.6) is 0 Å². The molecule has 176 valence electrons. The van der Waals surface area contributed by atoms with E-state index in [1.807, 2.05) is 6.92 Å². The average molecular weight is 490 g/mol. The number of carbonyl (C=O) groups is 2. The highest BCUT2D eigenvalue weighted by atomic mass is 32.1. The zero-order valence-corrected chi connectivity index (χ0v) is 18.6. The van der Waals surface area contributed by atoms with Crippen LogP contribution in [0.15, 0.2) is 54.6 Å². The fraction of sp³-hybridized carbons (Fsp3) is 0.174. The summed E-state index contributed by atoms with van der Waals surface area (Å²) < 4.78 is 51.7. The summed E-state index contributed by atoms with van der Waals surface area (Å²) in [6.07, 6.45) is -4.50. The number of aromatic nitrogens is 2. The molecule has 11 heteroatoms. The standard InChI is InChI=1S/C23H18F4N4O2S/c1-13-18-10-19(34-22(18)31(30-13)11-14-2-6-16(24)7-3-14)21(33)29-17-8-4-15(5-9-17)20(32)28-12-23(25,26)27/h2-10H,11-12H2,1H3,(H,28,32)(H,29,33). The minimum Gasteiger partial charge on any atom is -0.343 e. The van der Waals surface area contributed by atoms with Gasteiger partial charge in [-0.3, -0.25) is 14.3 Å². The smallest absolute Gasteiger partial charge is 0.343 e. The van der Waals surface area contributed by atoms with E-state index in [9.17, 15) is 27.2 Å². The van der Waals surface area contributed by atoms with Gasteiger partial charge in [0.2, 0.25) is 0 Å². The predicted octanol–water partition coefficient (Wildman–Crippen LogP) is 5.14. The zero-order valence-electron chi connectivity index (χ0n) is 17.7. The molecule has 34 heavy (non-hydrogen) atoms. The number of thiophene rings is 1. The Bertz CT molecular complexity index is 1340. The molecule has 0 aliphatic rings. The van der Waals surface area contributed by atoms with Gasteiger partial charge in [-0.15, -0.1) is 11.3 Å². The molecule has 2 aromatic heterocycles. The van der Waals surface area contributed by atoms with E-state index >= 15 is 0 Å². The number of amides is 2. The first-order valence-corrected chi connectivity index (χ1v) is 10.9. The van der Waals surface area contributed by atoms with Crippen molar-refractivity contribution in [3.05, 3.63) is 82.1 Å². The Morgan fingerprint density at radius 2 is 1.71 bits per heavy atom. The zero-order chi connectivity index (χ0) is 24.5. The SMILES string of the molecule is Cc1nn(Cc2ccc(F)cc2)c2sc(C(=O)Nc3ccc(C(=O)NCC(F)(F)F)cc3)cc12. The van der Waals surface area contributed by atoms with Crippen LogP contribution < -0.4 is 10.6 Å². The number of hydrogen-bond acceptors (Lipinski definition) is 4. The quantitative estimate of drug-likeness (QED) is 0.368. The molecule has 6 nitrogen and oxygen atoms in total. The van der Waals surface area contributed by atoms with Crippen LogP contribution in [0.1, 0.15) is 31.3 Å². The second-order valence-electron chi connectivity index (χ2n) is 7.53. The molecule has 0 aliphatic heterocycles. The van der Waals surface area contributed by atoms with Crippen LogP contribution in [-0.4, -0.2) is 34.3 Å². The van der Waals surface area contributed by atoms with Gasteiger partial charge in [-0.1, -0.05) is 12.1 Å².